The first-order chi connectivity index (χ1) is 14.6. The lowest BCUT2D eigenvalue weighted by Gasteiger charge is -2.30. The van der Waals surface area contributed by atoms with Crippen LogP contribution in [0.5, 0.6) is 0 Å². The van der Waals surface area contributed by atoms with Crippen LogP contribution < -0.4 is 21.9 Å². The maximum Gasteiger partial charge on any atom is 0.275 e. The first-order valence-electron chi connectivity index (χ1n) is 9.92. The molecule has 1 aromatic carbocycles. The Hall–Kier alpha value is -3.43. The summed E-state index contributed by atoms with van der Waals surface area (Å²) >= 11 is 0. The number of hydrogen-bond donors (Lipinski definition) is 5. The topological polar surface area (TPSA) is 134 Å². The number of nitrogens with zero attached hydrogens (tertiary/aromatic N) is 2. The Morgan fingerprint density at radius 1 is 1.33 bits per heavy atom. The zero-order valence-corrected chi connectivity index (χ0v) is 16.5. The molecule has 0 saturated carbocycles. The van der Waals surface area contributed by atoms with Crippen LogP contribution in [0.3, 0.4) is 0 Å². The number of benzene rings is 1. The summed E-state index contributed by atoms with van der Waals surface area (Å²) in [5.41, 5.74) is 8.84. The minimum atomic E-state index is -0.299. The summed E-state index contributed by atoms with van der Waals surface area (Å²) in [6.45, 7) is 3.21. The minimum Gasteiger partial charge on any atom is -0.380 e. The predicted molar refractivity (Wildman–Crippen MR) is 117 cm³/mol. The highest BCUT2D eigenvalue weighted by molar-refractivity contribution is 5.99. The fourth-order valence-corrected chi connectivity index (χ4v) is 3.94. The number of pyridine rings is 1. The fourth-order valence-electron chi connectivity index (χ4n) is 3.94. The van der Waals surface area contributed by atoms with Gasteiger partial charge in [0, 0.05) is 35.7 Å². The maximum atomic E-state index is 12.5. The average molecular weight is 405 g/mol. The third kappa shape index (κ3) is 3.27. The second-order valence-corrected chi connectivity index (χ2v) is 7.62. The van der Waals surface area contributed by atoms with Crippen molar-refractivity contribution in [2.45, 2.75) is 25.4 Å². The molecule has 4 aromatic rings. The van der Waals surface area contributed by atoms with Gasteiger partial charge < -0.3 is 26.1 Å². The minimum absolute atomic E-state index is 0.0426. The molecule has 1 aliphatic rings. The van der Waals surface area contributed by atoms with Crippen molar-refractivity contribution in [2.75, 3.05) is 23.8 Å². The van der Waals surface area contributed by atoms with Crippen molar-refractivity contribution in [3.63, 3.8) is 0 Å². The summed E-state index contributed by atoms with van der Waals surface area (Å²) in [6.07, 6.45) is 4.37. The Morgan fingerprint density at radius 2 is 2.23 bits per heavy atom. The lowest BCUT2D eigenvalue weighted by Crippen LogP contribution is -2.47. The van der Waals surface area contributed by atoms with Crippen molar-refractivity contribution >= 4 is 39.0 Å². The molecule has 9 heteroatoms. The van der Waals surface area contributed by atoms with Crippen LogP contribution in [0, 0.1) is 6.92 Å². The molecular formula is C21H23N7O2. The van der Waals surface area contributed by atoms with E-state index in [2.05, 4.69) is 31.9 Å². The van der Waals surface area contributed by atoms with Gasteiger partial charge in [0.25, 0.3) is 5.56 Å². The molecular weight excluding hydrogens is 382 g/mol. The number of aromatic nitrogens is 4. The molecule has 2 unspecified atom stereocenters. The first kappa shape index (κ1) is 18.6. The molecule has 1 aliphatic heterocycles. The largest absolute Gasteiger partial charge is 0.380 e. The van der Waals surface area contributed by atoms with E-state index in [0.717, 1.165) is 28.6 Å². The normalized spacial score (nSPS) is 19.3. The van der Waals surface area contributed by atoms with Gasteiger partial charge in [0.15, 0.2) is 0 Å². The molecule has 2 atom stereocenters. The number of aryl methyl sites for hydroxylation is 1. The Kier molecular flexibility index (Phi) is 4.61. The number of nitrogens with one attached hydrogen (secondary N) is 4. The lowest BCUT2D eigenvalue weighted by molar-refractivity contribution is 0.0752. The van der Waals surface area contributed by atoms with Crippen LogP contribution >= 0.6 is 0 Å². The standard InChI is InChI=1S/C21H23N7O2/c1-11-8-23-19-13(11)3-2-4-16(19)26-20-18-12(9-24-28-21(18)29)7-17(27-20)25-15-5-6-30-10-14(15)22/h2-4,7-9,14-15,23H,5-6,10,22H2,1H3,(H,28,29)(H2,25,26,27). The smallest absolute Gasteiger partial charge is 0.275 e. The second kappa shape index (κ2) is 7.43. The number of rotatable bonds is 4. The van der Waals surface area contributed by atoms with Gasteiger partial charge >= 0.3 is 0 Å². The Balaban J connectivity index is 1.59. The fraction of sp³-hybridized carbons (Fsp3) is 0.286. The molecule has 0 aliphatic carbocycles. The number of para-hydroxylation sites is 1. The van der Waals surface area contributed by atoms with Gasteiger partial charge in [-0.1, -0.05) is 12.1 Å². The van der Waals surface area contributed by atoms with Gasteiger partial charge in [-0.25, -0.2) is 10.1 Å². The maximum absolute atomic E-state index is 12.5. The van der Waals surface area contributed by atoms with E-state index in [4.69, 9.17) is 15.5 Å². The number of aromatic amines is 2. The number of H-pyrrole nitrogens is 2. The van der Waals surface area contributed by atoms with Crippen molar-refractivity contribution in [1.29, 1.82) is 0 Å². The summed E-state index contributed by atoms with van der Waals surface area (Å²) in [5.74, 6) is 1.09. The molecule has 1 saturated heterocycles. The van der Waals surface area contributed by atoms with Gasteiger partial charge in [-0.05, 0) is 31.0 Å². The van der Waals surface area contributed by atoms with Crippen LogP contribution in [0.25, 0.3) is 21.7 Å². The molecule has 6 N–H and O–H groups in total. The summed E-state index contributed by atoms with van der Waals surface area (Å²) in [4.78, 5) is 20.6. The molecule has 0 amide bonds. The van der Waals surface area contributed by atoms with Crippen molar-refractivity contribution < 1.29 is 4.74 Å². The van der Waals surface area contributed by atoms with E-state index >= 15 is 0 Å². The van der Waals surface area contributed by atoms with E-state index in [0.29, 0.717) is 35.6 Å². The molecule has 0 spiro atoms. The SMILES string of the molecule is Cc1c[nH]c2c(Nc3nc(NC4CCOCC4N)cc4cn[nH]c(=O)c34)cccc12. The Bertz CT molecular complexity index is 1280. The molecule has 30 heavy (non-hydrogen) atoms. The zero-order chi connectivity index (χ0) is 20.7. The van der Waals surface area contributed by atoms with E-state index in [1.165, 1.54) is 0 Å². The highest BCUT2D eigenvalue weighted by Crippen LogP contribution is 2.30. The number of fused-ring (bicyclic) bond motifs is 2. The molecule has 1 fully saturated rings. The quantitative estimate of drug-likeness (QED) is 0.352. The van der Waals surface area contributed by atoms with Crippen LogP contribution in [0.1, 0.15) is 12.0 Å². The van der Waals surface area contributed by atoms with Crippen molar-refractivity contribution in [3.8, 4) is 0 Å². The molecule has 0 radical (unpaired) electrons. The number of hydrogen-bond acceptors (Lipinski definition) is 7. The van der Waals surface area contributed by atoms with Gasteiger partial charge in [0.2, 0.25) is 0 Å². The van der Waals surface area contributed by atoms with E-state index in [9.17, 15) is 4.79 Å². The molecule has 5 rings (SSSR count). The van der Waals surface area contributed by atoms with Crippen LogP contribution in [0.15, 0.2) is 41.5 Å². The lowest BCUT2D eigenvalue weighted by atomic mass is 10.0. The Morgan fingerprint density at radius 3 is 3.10 bits per heavy atom. The van der Waals surface area contributed by atoms with Gasteiger partial charge in [0.05, 0.1) is 29.4 Å². The molecule has 154 valence electrons. The van der Waals surface area contributed by atoms with E-state index in [1.807, 2.05) is 31.3 Å². The number of anilines is 3. The highest BCUT2D eigenvalue weighted by atomic mass is 16.5. The number of nitrogens with two attached hydrogens (primary N) is 1. The molecule has 9 nitrogen and oxygen atoms in total. The highest BCUT2D eigenvalue weighted by Gasteiger charge is 2.23. The van der Waals surface area contributed by atoms with E-state index < -0.39 is 0 Å². The predicted octanol–water partition coefficient (Wildman–Crippen LogP) is 2.38. The van der Waals surface area contributed by atoms with Gasteiger partial charge in [0.1, 0.15) is 11.6 Å². The molecule has 3 aromatic heterocycles. The molecule has 4 heterocycles. The summed E-state index contributed by atoms with van der Waals surface area (Å²) < 4.78 is 5.42. The van der Waals surface area contributed by atoms with Crippen LogP contribution in [-0.4, -0.2) is 45.5 Å². The van der Waals surface area contributed by atoms with E-state index in [-0.39, 0.29) is 17.6 Å². The average Bonchev–Trinajstić information content (AvgIpc) is 3.12. The van der Waals surface area contributed by atoms with Crippen LogP contribution in [0.4, 0.5) is 17.3 Å². The van der Waals surface area contributed by atoms with Gasteiger partial charge in [-0.15, -0.1) is 0 Å². The van der Waals surface area contributed by atoms with E-state index in [1.54, 1.807) is 6.20 Å². The summed E-state index contributed by atoms with van der Waals surface area (Å²) in [6, 6.07) is 7.73. The van der Waals surface area contributed by atoms with Gasteiger partial charge in [-0.3, -0.25) is 4.79 Å². The third-order valence-electron chi connectivity index (χ3n) is 5.56. The van der Waals surface area contributed by atoms with Crippen molar-refractivity contribution in [2.24, 2.45) is 5.73 Å². The Labute approximate surface area is 172 Å². The second-order valence-electron chi connectivity index (χ2n) is 7.62. The van der Waals surface area contributed by atoms with Crippen molar-refractivity contribution in [3.05, 3.63) is 52.6 Å². The van der Waals surface area contributed by atoms with Crippen molar-refractivity contribution in [1.82, 2.24) is 20.2 Å². The summed E-state index contributed by atoms with van der Waals surface area (Å²) in [5, 5.41) is 15.5. The monoisotopic (exact) mass is 405 g/mol. The van der Waals surface area contributed by atoms with Gasteiger partial charge in [-0.2, -0.15) is 5.10 Å². The number of ether oxygens (including phenoxy) is 1. The molecule has 0 bridgehead atoms. The van der Waals surface area contributed by atoms with Crippen LogP contribution in [-0.2, 0) is 4.74 Å². The third-order valence-corrected chi connectivity index (χ3v) is 5.56. The zero-order valence-electron chi connectivity index (χ0n) is 16.5. The van der Waals surface area contributed by atoms with Crippen LogP contribution in [0.2, 0.25) is 0 Å². The first-order valence-corrected chi connectivity index (χ1v) is 9.92. The summed E-state index contributed by atoms with van der Waals surface area (Å²) in [7, 11) is 0.